The molecule has 0 saturated carbocycles. The van der Waals surface area contributed by atoms with Gasteiger partial charge in [-0.25, -0.2) is 13.1 Å². The standard InChI is InChI=1S/C14H22N2O2S2/c1-2-8-15-13-3-5-14(6-4-13)20(17,18)16-10-12-7-9-19-11-12/h3-6,12,15-16H,2,7-11H2,1H3. The molecule has 0 radical (unpaired) electrons. The van der Waals surface area contributed by atoms with Gasteiger partial charge in [0, 0.05) is 18.8 Å². The summed E-state index contributed by atoms with van der Waals surface area (Å²) in [6.07, 6.45) is 2.15. The Balaban J connectivity index is 1.94. The minimum atomic E-state index is -3.37. The van der Waals surface area contributed by atoms with Crippen LogP contribution in [0.5, 0.6) is 0 Å². The summed E-state index contributed by atoms with van der Waals surface area (Å²) in [7, 11) is -3.37. The van der Waals surface area contributed by atoms with E-state index >= 15 is 0 Å². The zero-order chi connectivity index (χ0) is 14.4. The molecule has 1 fully saturated rings. The van der Waals surface area contributed by atoms with Gasteiger partial charge in [0.05, 0.1) is 4.90 Å². The first-order chi connectivity index (χ1) is 9.62. The average Bonchev–Trinajstić information content (AvgIpc) is 2.97. The summed E-state index contributed by atoms with van der Waals surface area (Å²) in [4.78, 5) is 0.338. The Hall–Kier alpha value is -0.720. The number of benzene rings is 1. The number of rotatable bonds is 7. The average molecular weight is 314 g/mol. The van der Waals surface area contributed by atoms with Crippen molar-refractivity contribution in [3.63, 3.8) is 0 Å². The number of nitrogens with one attached hydrogen (secondary N) is 2. The maximum absolute atomic E-state index is 12.2. The van der Waals surface area contributed by atoms with Crippen LogP contribution in [0.4, 0.5) is 5.69 Å². The van der Waals surface area contributed by atoms with E-state index in [4.69, 9.17) is 0 Å². The van der Waals surface area contributed by atoms with Crippen molar-refractivity contribution in [2.24, 2.45) is 5.92 Å². The van der Waals surface area contributed by atoms with Crippen LogP contribution in [0.3, 0.4) is 0 Å². The molecule has 0 aromatic heterocycles. The maximum Gasteiger partial charge on any atom is 0.240 e. The van der Waals surface area contributed by atoms with Crippen LogP contribution >= 0.6 is 11.8 Å². The van der Waals surface area contributed by atoms with Gasteiger partial charge in [0.25, 0.3) is 0 Å². The van der Waals surface area contributed by atoms with Crippen molar-refractivity contribution in [3.8, 4) is 0 Å². The van der Waals surface area contributed by atoms with E-state index in [1.54, 1.807) is 12.1 Å². The highest BCUT2D eigenvalue weighted by atomic mass is 32.2. The molecule has 0 amide bonds. The Morgan fingerprint density at radius 3 is 2.65 bits per heavy atom. The third-order valence-corrected chi connectivity index (χ3v) is 6.00. The second kappa shape index (κ2) is 7.33. The van der Waals surface area contributed by atoms with E-state index in [-0.39, 0.29) is 0 Å². The van der Waals surface area contributed by atoms with E-state index in [2.05, 4.69) is 17.0 Å². The number of anilines is 1. The number of thioether (sulfide) groups is 1. The van der Waals surface area contributed by atoms with Crippen LogP contribution in [0.15, 0.2) is 29.2 Å². The van der Waals surface area contributed by atoms with Crippen molar-refractivity contribution < 1.29 is 8.42 Å². The summed E-state index contributed by atoms with van der Waals surface area (Å²) >= 11 is 1.90. The summed E-state index contributed by atoms with van der Waals surface area (Å²) < 4.78 is 27.1. The highest BCUT2D eigenvalue weighted by molar-refractivity contribution is 7.99. The van der Waals surface area contributed by atoms with Crippen molar-refractivity contribution in [2.45, 2.75) is 24.7 Å². The molecule has 0 bridgehead atoms. The Morgan fingerprint density at radius 2 is 2.05 bits per heavy atom. The molecule has 1 aliphatic heterocycles. The Kier molecular flexibility index (Phi) is 5.74. The lowest BCUT2D eigenvalue weighted by molar-refractivity contribution is 0.546. The van der Waals surface area contributed by atoms with Gasteiger partial charge in [-0.15, -0.1) is 0 Å². The molecule has 1 heterocycles. The second-order valence-electron chi connectivity index (χ2n) is 5.03. The van der Waals surface area contributed by atoms with Crippen LogP contribution in [0.2, 0.25) is 0 Å². The fourth-order valence-electron chi connectivity index (χ4n) is 2.08. The van der Waals surface area contributed by atoms with Gasteiger partial charge < -0.3 is 5.32 Å². The normalized spacial score (nSPS) is 19.1. The van der Waals surface area contributed by atoms with Crippen LogP contribution in [0.25, 0.3) is 0 Å². The Labute approximate surface area is 125 Å². The number of sulfonamides is 1. The molecule has 0 spiro atoms. The lowest BCUT2D eigenvalue weighted by Gasteiger charge is -2.11. The van der Waals surface area contributed by atoms with Crippen LogP contribution in [0.1, 0.15) is 19.8 Å². The highest BCUT2D eigenvalue weighted by Gasteiger charge is 2.19. The van der Waals surface area contributed by atoms with Gasteiger partial charge in [-0.2, -0.15) is 11.8 Å². The molecule has 2 N–H and O–H groups in total. The molecule has 1 atom stereocenters. The van der Waals surface area contributed by atoms with Crippen molar-refractivity contribution in [3.05, 3.63) is 24.3 Å². The molecule has 6 heteroatoms. The molecule has 112 valence electrons. The van der Waals surface area contributed by atoms with Gasteiger partial charge >= 0.3 is 0 Å². The minimum absolute atomic E-state index is 0.338. The van der Waals surface area contributed by atoms with E-state index < -0.39 is 10.0 Å². The molecule has 20 heavy (non-hydrogen) atoms. The molecule has 1 unspecified atom stereocenters. The number of hydrogen-bond donors (Lipinski definition) is 2. The quantitative estimate of drug-likeness (QED) is 0.812. The van der Waals surface area contributed by atoms with Crippen molar-refractivity contribution in [1.82, 2.24) is 4.72 Å². The fraction of sp³-hybridized carbons (Fsp3) is 0.571. The molecule has 1 aliphatic rings. The van der Waals surface area contributed by atoms with Crippen LogP contribution < -0.4 is 10.0 Å². The fourth-order valence-corrected chi connectivity index (χ4v) is 4.48. The lowest BCUT2D eigenvalue weighted by Crippen LogP contribution is -2.29. The summed E-state index contributed by atoms with van der Waals surface area (Å²) in [5.41, 5.74) is 0.956. The molecule has 1 aromatic carbocycles. The minimum Gasteiger partial charge on any atom is -0.385 e. The zero-order valence-electron chi connectivity index (χ0n) is 11.8. The molecule has 0 aliphatic carbocycles. The number of hydrogen-bond acceptors (Lipinski definition) is 4. The third kappa shape index (κ3) is 4.40. The Bertz CT molecular complexity index is 508. The van der Waals surface area contributed by atoms with Crippen molar-refractivity contribution in [2.75, 3.05) is 29.9 Å². The highest BCUT2D eigenvalue weighted by Crippen LogP contribution is 2.23. The van der Waals surface area contributed by atoms with Crippen molar-refractivity contribution in [1.29, 1.82) is 0 Å². The van der Waals surface area contributed by atoms with E-state index in [1.807, 2.05) is 23.9 Å². The monoisotopic (exact) mass is 314 g/mol. The second-order valence-corrected chi connectivity index (χ2v) is 7.95. The molecule has 2 rings (SSSR count). The predicted molar refractivity (Wildman–Crippen MR) is 85.8 cm³/mol. The smallest absolute Gasteiger partial charge is 0.240 e. The van der Waals surface area contributed by atoms with Gasteiger partial charge in [0.1, 0.15) is 0 Å². The molecular formula is C14H22N2O2S2. The van der Waals surface area contributed by atoms with E-state index in [0.29, 0.717) is 17.4 Å². The first kappa shape index (κ1) is 15.7. The summed E-state index contributed by atoms with van der Waals surface area (Å²) in [5, 5.41) is 3.23. The van der Waals surface area contributed by atoms with Gasteiger partial charge in [-0.05, 0) is 54.5 Å². The summed E-state index contributed by atoms with van der Waals surface area (Å²) in [6, 6.07) is 6.94. The maximum atomic E-state index is 12.2. The first-order valence-electron chi connectivity index (χ1n) is 7.03. The molecular weight excluding hydrogens is 292 g/mol. The largest absolute Gasteiger partial charge is 0.385 e. The van der Waals surface area contributed by atoms with Gasteiger partial charge in [-0.1, -0.05) is 6.92 Å². The van der Waals surface area contributed by atoms with Gasteiger partial charge in [0.2, 0.25) is 10.0 Å². The zero-order valence-corrected chi connectivity index (χ0v) is 13.4. The molecule has 1 aromatic rings. The topological polar surface area (TPSA) is 58.2 Å². The molecule has 1 saturated heterocycles. The van der Waals surface area contributed by atoms with E-state index in [9.17, 15) is 8.42 Å². The Morgan fingerprint density at radius 1 is 1.30 bits per heavy atom. The van der Waals surface area contributed by atoms with E-state index in [0.717, 1.165) is 36.6 Å². The first-order valence-corrected chi connectivity index (χ1v) is 9.67. The van der Waals surface area contributed by atoms with Crippen LogP contribution in [-0.4, -0.2) is 33.0 Å². The third-order valence-electron chi connectivity index (χ3n) is 3.33. The molecule has 4 nitrogen and oxygen atoms in total. The summed E-state index contributed by atoms with van der Waals surface area (Å²) in [5.74, 6) is 2.67. The van der Waals surface area contributed by atoms with Gasteiger partial charge in [0.15, 0.2) is 0 Å². The van der Waals surface area contributed by atoms with E-state index in [1.165, 1.54) is 0 Å². The summed E-state index contributed by atoms with van der Waals surface area (Å²) in [6.45, 7) is 3.53. The van der Waals surface area contributed by atoms with Crippen LogP contribution in [0, 0.1) is 5.92 Å². The van der Waals surface area contributed by atoms with Crippen LogP contribution in [-0.2, 0) is 10.0 Å². The SMILES string of the molecule is CCCNc1ccc(S(=O)(=O)NCC2CCSC2)cc1. The van der Waals surface area contributed by atoms with Crippen molar-refractivity contribution >= 4 is 27.5 Å². The lowest BCUT2D eigenvalue weighted by atomic mass is 10.1. The predicted octanol–water partition coefficient (Wildman–Crippen LogP) is 2.54. The van der Waals surface area contributed by atoms with Gasteiger partial charge in [-0.3, -0.25) is 0 Å².